The van der Waals surface area contributed by atoms with Crippen LogP contribution in [0.15, 0.2) is 0 Å². The van der Waals surface area contributed by atoms with E-state index < -0.39 is 17.2 Å². The Bertz CT molecular complexity index is 123. The van der Waals surface area contributed by atoms with Crippen LogP contribution in [0.5, 0.6) is 0 Å². The monoisotopic (exact) mass is 172 g/mol. The van der Waals surface area contributed by atoms with Crippen molar-refractivity contribution in [2.45, 2.75) is 0 Å². The highest BCUT2D eigenvalue weighted by Gasteiger charge is 2.14. The molecule has 0 aliphatic heterocycles. The number of hydrogen-bond acceptors (Lipinski definition) is 3. The van der Waals surface area contributed by atoms with E-state index in [1.54, 1.807) is 0 Å². The predicted molar refractivity (Wildman–Crippen MR) is 33.3 cm³/mol. The van der Waals surface area contributed by atoms with Gasteiger partial charge in [0, 0.05) is 0 Å². The SMILES string of the molecule is O=[SiH]OP(=O)(O)CP. The molecule has 0 aromatic rings. The minimum atomic E-state index is -3.49. The van der Waals surface area contributed by atoms with Crippen LogP contribution in [0.3, 0.4) is 0 Å². The smallest absolute Gasteiger partial charge is 0.459 e. The van der Waals surface area contributed by atoms with Crippen LogP contribution in [0, 0.1) is 0 Å². The van der Waals surface area contributed by atoms with Gasteiger partial charge in [-0.3, -0.25) is 0 Å². The summed E-state index contributed by atoms with van der Waals surface area (Å²) < 4.78 is 23.9. The molecule has 8 heavy (non-hydrogen) atoms. The topological polar surface area (TPSA) is 63.6 Å². The third-order valence-corrected chi connectivity index (χ3v) is 3.95. The molecule has 0 spiro atoms. The first kappa shape index (κ1) is 8.44. The molecule has 0 amide bonds. The van der Waals surface area contributed by atoms with Gasteiger partial charge < -0.3 is 13.6 Å². The lowest BCUT2D eigenvalue weighted by Crippen LogP contribution is -1.87. The molecule has 0 radical (unpaired) electrons. The molecule has 0 bridgehead atoms. The van der Waals surface area contributed by atoms with Gasteiger partial charge in [0.25, 0.3) is 0 Å². The molecule has 0 aliphatic carbocycles. The van der Waals surface area contributed by atoms with Crippen LogP contribution in [0.4, 0.5) is 0 Å². The van der Waals surface area contributed by atoms with Gasteiger partial charge in [-0.2, -0.15) is 0 Å². The van der Waals surface area contributed by atoms with E-state index in [1.807, 2.05) is 9.24 Å². The molecule has 7 heteroatoms. The average Bonchev–Trinajstić information content (AvgIpc) is 1.67. The molecule has 2 unspecified atom stereocenters. The van der Waals surface area contributed by atoms with Crippen molar-refractivity contribution in [3.8, 4) is 0 Å². The molecule has 0 rings (SSSR count). The molecule has 0 fully saturated rings. The maximum absolute atomic E-state index is 10.3. The molecule has 0 aliphatic rings. The van der Waals surface area contributed by atoms with Crippen molar-refractivity contribution in [2.24, 2.45) is 0 Å². The molecule has 4 nitrogen and oxygen atoms in total. The summed E-state index contributed by atoms with van der Waals surface area (Å²) in [4.78, 5) is 8.46. The summed E-state index contributed by atoms with van der Waals surface area (Å²) in [5.41, 5.74) is 0. The van der Waals surface area contributed by atoms with Crippen LogP contribution in [-0.4, -0.2) is 20.4 Å². The van der Waals surface area contributed by atoms with Crippen molar-refractivity contribution in [1.29, 1.82) is 0 Å². The van der Waals surface area contributed by atoms with Gasteiger partial charge in [0.2, 0.25) is 0 Å². The summed E-state index contributed by atoms with van der Waals surface area (Å²) in [6.07, 6.45) is 0. The summed E-state index contributed by atoms with van der Waals surface area (Å²) >= 11 is 0. The number of hydrogen-bond donors (Lipinski definition) is 1. The second-order valence-electron chi connectivity index (χ2n) is 1.02. The van der Waals surface area contributed by atoms with Crippen molar-refractivity contribution < 1.29 is 18.1 Å². The lowest BCUT2D eigenvalue weighted by molar-refractivity contribution is 0.378. The van der Waals surface area contributed by atoms with Crippen LogP contribution in [-0.2, 0) is 13.2 Å². The summed E-state index contributed by atoms with van der Waals surface area (Å²) in [6.45, 7) is 0. The second kappa shape index (κ2) is 3.46. The van der Waals surface area contributed by atoms with Crippen molar-refractivity contribution in [3.63, 3.8) is 0 Å². The first-order valence-electron chi connectivity index (χ1n) is 1.76. The minimum Gasteiger partial charge on any atom is -0.459 e. The summed E-state index contributed by atoms with van der Waals surface area (Å²) in [5, 5.41) is 0. The quantitative estimate of drug-likeness (QED) is 0.469. The van der Waals surface area contributed by atoms with Crippen LogP contribution in [0.25, 0.3) is 0 Å². The average molecular weight is 172 g/mol. The van der Waals surface area contributed by atoms with E-state index in [-0.39, 0.29) is 5.90 Å². The van der Waals surface area contributed by atoms with E-state index in [4.69, 9.17) is 4.89 Å². The fourth-order valence-electron chi connectivity index (χ4n) is 0.110. The Labute approximate surface area is 51.4 Å². The molecule has 0 saturated heterocycles. The highest BCUT2D eigenvalue weighted by molar-refractivity contribution is 7.60. The summed E-state index contributed by atoms with van der Waals surface area (Å²) in [5.74, 6) is -0.0672. The Morgan fingerprint density at radius 2 is 2.38 bits per heavy atom. The molecule has 2 atom stereocenters. The Morgan fingerprint density at radius 1 is 1.88 bits per heavy atom. The minimum absolute atomic E-state index is 0.0672. The molecule has 0 saturated carbocycles. The Morgan fingerprint density at radius 3 is 2.50 bits per heavy atom. The molecule has 0 aromatic heterocycles. The Balaban J connectivity index is 3.72. The fraction of sp³-hybridized carbons (Fsp3) is 1.00. The van der Waals surface area contributed by atoms with E-state index >= 15 is 0 Å². The van der Waals surface area contributed by atoms with Gasteiger partial charge in [-0.1, -0.05) is 0 Å². The van der Waals surface area contributed by atoms with Gasteiger partial charge in [0.05, 0.1) is 5.90 Å². The molecular weight excluding hydrogens is 166 g/mol. The van der Waals surface area contributed by atoms with Gasteiger partial charge in [-0.25, -0.2) is 4.57 Å². The van der Waals surface area contributed by atoms with Gasteiger partial charge in [-0.15, -0.1) is 9.24 Å². The van der Waals surface area contributed by atoms with Crippen LogP contribution in [0.2, 0.25) is 0 Å². The second-order valence-corrected chi connectivity index (χ2v) is 4.79. The summed E-state index contributed by atoms with van der Waals surface area (Å²) in [6, 6.07) is 0. The zero-order chi connectivity index (χ0) is 6.62. The highest BCUT2D eigenvalue weighted by atomic mass is 31.2. The lowest BCUT2D eigenvalue weighted by Gasteiger charge is -2.03. The third kappa shape index (κ3) is 3.44. The normalized spacial score (nSPS) is 16.8. The van der Waals surface area contributed by atoms with Gasteiger partial charge >= 0.3 is 17.2 Å². The maximum atomic E-state index is 10.3. The lowest BCUT2D eigenvalue weighted by atomic mass is 11.9. The molecule has 1 N–H and O–H groups in total. The zero-order valence-corrected chi connectivity index (χ0v) is 7.18. The molecule has 48 valence electrons. The van der Waals surface area contributed by atoms with Crippen LogP contribution >= 0.6 is 16.8 Å². The molecule has 0 aromatic carbocycles. The molecule has 0 heterocycles. The van der Waals surface area contributed by atoms with Crippen LogP contribution in [0.1, 0.15) is 0 Å². The van der Waals surface area contributed by atoms with Gasteiger partial charge in [0.1, 0.15) is 0 Å². The van der Waals surface area contributed by atoms with Crippen molar-refractivity contribution >= 4 is 26.5 Å². The van der Waals surface area contributed by atoms with Crippen molar-refractivity contribution in [3.05, 3.63) is 0 Å². The van der Waals surface area contributed by atoms with E-state index in [0.29, 0.717) is 0 Å². The first-order valence-corrected chi connectivity index (χ1v) is 5.28. The first-order chi connectivity index (χ1) is 3.62. The largest absolute Gasteiger partial charge is 0.493 e. The Kier molecular flexibility index (Phi) is 3.65. The standard InChI is InChI=1S/CH6O4P2Si/c2-7(3,1-6)5-8-4/h8H,1,6H2,(H,2,3). The van der Waals surface area contributed by atoms with E-state index in [0.717, 1.165) is 0 Å². The highest BCUT2D eigenvalue weighted by Crippen LogP contribution is 2.42. The molecular formula is CH6O4P2Si. The van der Waals surface area contributed by atoms with E-state index in [2.05, 4.69) is 4.21 Å². The van der Waals surface area contributed by atoms with Crippen LogP contribution < -0.4 is 0 Å². The van der Waals surface area contributed by atoms with E-state index in [1.165, 1.54) is 0 Å². The van der Waals surface area contributed by atoms with Crippen molar-refractivity contribution in [2.75, 3.05) is 5.90 Å². The number of rotatable bonds is 3. The van der Waals surface area contributed by atoms with Gasteiger partial charge in [0.15, 0.2) is 0 Å². The maximum Gasteiger partial charge on any atom is 0.493 e. The third-order valence-electron chi connectivity index (χ3n) is 0.438. The van der Waals surface area contributed by atoms with E-state index in [9.17, 15) is 9.03 Å². The van der Waals surface area contributed by atoms with Crippen molar-refractivity contribution in [1.82, 2.24) is 0 Å². The predicted octanol–water partition coefficient (Wildman–Crippen LogP) is -0.282. The summed E-state index contributed by atoms with van der Waals surface area (Å²) in [7, 11) is -3.02. The Hall–Kier alpha value is 0.437. The fourth-order valence-corrected chi connectivity index (χ4v) is 1.77. The van der Waals surface area contributed by atoms with Gasteiger partial charge in [-0.05, 0) is 0 Å². The zero-order valence-electron chi connectivity index (χ0n) is 3.98.